The first-order chi connectivity index (χ1) is 32.5. The maximum atomic E-state index is 12.8. The monoisotopic (exact) mass is 1010 g/mol. The van der Waals surface area contributed by atoms with Crippen LogP contribution < -0.4 is 11.4 Å². The number of allylic oxidation sites excluding steroid dienone is 5. The number of aliphatic hydroxyl groups excluding tert-OH is 3. The molecule has 1 aliphatic rings. The van der Waals surface area contributed by atoms with Crippen molar-refractivity contribution < 1.29 is 71.4 Å². The van der Waals surface area contributed by atoms with Crippen LogP contribution in [0.3, 0.4) is 0 Å². The van der Waals surface area contributed by atoms with Gasteiger partial charge in [-0.05, 0) is 50.5 Å². The topological polar surface area (TPSA) is 286 Å². The molecule has 7 N–H and O–H groups in total. The second-order valence-corrected chi connectivity index (χ2v) is 20.5. The van der Waals surface area contributed by atoms with Gasteiger partial charge in [-0.2, -0.15) is 9.29 Å². The molecular weight excluding hydrogens is 924 g/mol. The fourth-order valence-electron chi connectivity index (χ4n) is 7.12. The molecule has 0 radical (unpaired) electrons. The number of unbranched alkanes of at least 4 members (excludes halogenated alkanes) is 13. The van der Waals surface area contributed by atoms with Crippen LogP contribution in [-0.2, 0) is 46.3 Å². The Labute approximate surface area is 402 Å². The Morgan fingerprint density at radius 1 is 0.824 bits per heavy atom. The van der Waals surface area contributed by atoms with Gasteiger partial charge < -0.3 is 45.1 Å². The van der Waals surface area contributed by atoms with E-state index in [1.807, 2.05) is 12.2 Å². The van der Waals surface area contributed by atoms with E-state index < -0.39 is 89.8 Å². The summed E-state index contributed by atoms with van der Waals surface area (Å²) in [5, 5.41) is 31.2. The third-order valence-electron chi connectivity index (χ3n) is 11.4. The number of hydrogen-bond acceptors (Lipinski definition) is 16. The Morgan fingerprint density at radius 3 is 2.16 bits per heavy atom. The van der Waals surface area contributed by atoms with Gasteiger partial charge in [-0.15, -0.1) is 0 Å². The molecule has 1 aromatic rings. The number of rotatable bonds is 39. The normalized spacial score (nSPS) is 20.7. The second-order valence-electron chi connectivity index (χ2n) is 17.4. The van der Waals surface area contributed by atoms with Crippen molar-refractivity contribution in [2.45, 2.75) is 199 Å². The molecular formula is C47H81N3O16P2. The third kappa shape index (κ3) is 28.0. The fourth-order valence-corrected chi connectivity index (χ4v) is 9.23. The number of phosphoric acid groups is 2. The molecule has 2 heterocycles. The highest BCUT2D eigenvalue weighted by Crippen LogP contribution is 2.60. The van der Waals surface area contributed by atoms with Crippen molar-refractivity contribution in [2.24, 2.45) is 5.92 Å². The third-order valence-corrected chi connectivity index (χ3v) is 14.0. The Hall–Kier alpha value is -3.06. The first kappa shape index (κ1) is 61.1. The second kappa shape index (κ2) is 35.1. The van der Waals surface area contributed by atoms with Gasteiger partial charge in [-0.1, -0.05) is 147 Å². The highest BCUT2D eigenvalue weighted by Gasteiger charge is 2.46. The highest BCUT2D eigenvalue weighted by atomic mass is 31.3. The minimum absolute atomic E-state index is 0.0109. The molecule has 0 aromatic carbocycles. The first-order valence-corrected chi connectivity index (χ1v) is 27.5. The minimum atomic E-state index is -5.46. The average Bonchev–Trinajstić information content (AvgIpc) is 3.57. The summed E-state index contributed by atoms with van der Waals surface area (Å²) in [6.45, 7) is 4.22. The molecule has 4 unspecified atom stereocenters. The molecule has 0 saturated carbocycles. The molecule has 0 spiro atoms. The van der Waals surface area contributed by atoms with Gasteiger partial charge in [0.25, 0.3) is 0 Å². The lowest BCUT2D eigenvalue weighted by atomic mass is 9.99. The Kier molecular flexibility index (Phi) is 31.5. The summed E-state index contributed by atoms with van der Waals surface area (Å²) in [5.41, 5.74) is 4.57. The Bertz CT molecular complexity index is 1810. The summed E-state index contributed by atoms with van der Waals surface area (Å²) in [6.07, 6.45) is 24.2. The van der Waals surface area contributed by atoms with Crippen LogP contribution in [0.1, 0.15) is 168 Å². The molecule has 0 amide bonds. The zero-order valence-corrected chi connectivity index (χ0v) is 42.2. The largest absolute Gasteiger partial charge is 0.481 e. The fraction of sp³-hybridized carbons (Fsp3) is 0.745. The van der Waals surface area contributed by atoms with E-state index >= 15 is 0 Å². The Balaban J connectivity index is 1.86. The number of anilines is 1. The van der Waals surface area contributed by atoms with Crippen LogP contribution in [0.4, 0.5) is 5.82 Å². The molecule has 1 saturated heterocycles. The number of phosphoric ester groups is 2. The van der Waals surface area contributed by atoms with Crippen LogP contribution in [0.15, 0.2) is 53.5 Å². The van der Waals surface area contributed by atoms with Crippen LogP contribution in [0.25, 0.3) is 0 Å². The van der Waals surface area contributed by atoms with Crippen molar-refractivity contribution in [2.75, 3.05) is 25.6 Å². The minimum Gasteiger partial charge on any atom is -0.462 e. The number of aliphatic hydroxyl groups is 3. The molecule has 68 heavy (non-hydrogen) atoms. The predicted molar refractivity (Wildman–Crippen MR) is 258 cm³/mol. The van der Waals surface area contributed by atoms with Gasteiger partial charge in [0, 0.05) is 19.0 Å². The summed E-state index contributed by atoms with van der Waals surface area (Å²) in [7, 11) is -10.9. The van der Waals surface area contributed by atoms with Gasteiger partial charge in [0.2, 0.25) is 0 Å². The standard InChI is InChI=1S/C47H81N3O16P2/c1-4-6-7-8-9-10-11-12-13-14-18-21-24-28-38(51)29-26-31-42(52)61-34-39(64-43(53)30-25-22-19-16-15-17-20-23-27-37(3)5-2)35-62-67(57,58)66-68(59,60)63-36-40-44(54)45(55)46(65-40)50-33-32-41(48)49-47(50)56/h12-13,18,21,24,28,32-33,37-40,44-46,51,54-55H,4-11,14-17,19-20,22-23,25-27,29-31,34-36H2,1-3H3,(H,57,58)(H,59,60)(H2,48,49,56)/b13-12+,21-18+,28-24+/t37?,38?,39-,40-,44-,45-,46-/m1/s1. The van der Waals surface area contributed by atoms with E-state index in [4.69, 9.17) is 29.0 Å². The highest BCUT2D eigenvalue weighted by molar-refractivity contribution is 7.61. The van der Waals surface area contributed by atoms with E-state index in [-0.39, 0.29) is 31.5 Å². The molecule has 9 atom stereocenters. The van der Waals surface area contributed by atoms with E-state index in [1.165, 1.54) is 70.3 Å². The number of nitrogen functional groups attached to an aromatic ring is 1. The van der Waals surface area contributed by atoms with E-state index in [1.54, 1.807) is 12.2 Å². The molecule has 1 aromatic heterocycles. The maximum absolute atomic E-state index is 12.8. The first-order valence-electron chi connectivity index (χ1n) is 24.5. The van der Waals surface area contributed by atoms with E-state index in [9.17, 15) is 48.6 Å². The maximum Gasteiger partial charge on any atom is 0.481 e. The number of aromatic nitrogens is 2. The van der Waals surface area contributed by atoms with Crippen LogP contribution in [0.5, 0.6) is 0 Å². The van der Waals surface area contributed by atoms with Crippen LogP contribution >= 0.6 is 15.6 Å². The number of ether oxygens (including phenoxy) is 3. The average molecular weight is 1010 g/mol. The molecule has 2 rings (SSSR count). The lowest BCUT2D eigenvalue weighted by Gasteiger charge is -2.21. The summed E-state index contributed by atoms with van der Waals surface area (Å²) in [4.78, 5) is 61.8. The number of nitrogens with zero attached hydrogens (tertiary/aromatic N) is 2. The van der Waals surface area contributed by atoms with Gasteiger partial charge in [0.1, 0.15) is 30.7 Å². The van der Waals surface area contributed by atoms with Gasteiger partial charge in [0.05, 0.1) is 19.3 Å². The molecule has 0 bridgehead atoms. The van der Waals surface area contributed by atoms with E-state index in [0.29, 0.717) is 6.42 Å². The number of nitrogens with two attached hydrogens (primary N) is 1. The van der Waals surface area contributed by atoms with E-state index in [0.717, 1.165) is 61.6 Å². The number of hydrogen-bond donors (Lipinski definition) is 6. The van der Waals surface area contributed by atoms with Gasteiger partial charge >= 0.3 is 33.3 Å². The zero-order valence-electron chi connectivity index (χ0n) is 40.4. The van der Waals surface area contributed by atoms with Crippen LogP contribution in [-0.4, -0.2) is 96.9 Å². The van der Waals surface area contributed by atoms with Crippen molar-refractivity contribution in [1.82, 2.24) is 9.55 Å². The zero-order chi connectivity index (χ0) is 50.2. The smallest absolute Gasteiger partial charge is 0.462 e. The van der Waals surface area contributed by atoms with Crippen molar-refractivity contribution in [3.05, 3.63) is 59.2 Å². The van der Waals surface area contributed by atoms with Crippen molar-refractivity contribution in [1.29, 1.82) is 0 Å². The SMILES string of the molecule is CCCCCCCC/C=C/C/C=C/C=C/C(O)CCCC(=O)OC[C@H](COP(=O)(O)OP(=O)(O)OC[C@H]1O[C@@H](n2ccc(N)nc2=O)[C@H](O)[C@@H]1O)OC(=O)CCCCCCCCCCC(C)CC. The van der Waals surface area contributed by atoms with Gasteiger partial charge in [-0.3, -0.25) is 23.2 Å². The summed E-state index contributed by atoms with van der Waals surface area (Å²) < 4.78 is 56.5. The summed E-state index contributed by atoms with van der Waals surface area (Å²) >= 11 is 0. The van der Waals surface area contributed by atoms with E-state index in [2.05, 4.69) is 42.2 Å². The molecule has 21 heteroatoms. The molecule has 390 valence electrons. The molecule has 19 nitrogen and oxygen atoms in total. The predicted octanol–water partition coefficient (Wildman–Crippen LogP) is 8.44. The summed E-state index contributed by atoms with van der Waals surface area (Å²) in [6, 6.07) is 1.24. The van der Waals surface area contributed by atoms with Crippen LogP contribution in [0, 0.1) is 5.92 Å². The van der Waals surface area contributed by atoms with Gasteiger partial charge in [0.15, 0.2) is 12.3 Å². The van der Waals surface area contributed by atoms with Crippen molar-refractivity contribution in [3.63, 3.8) is 0 Å². The van der Waals surface area contributed by atoms with Crippen molar-refractivity contribution in [3.8, 4) is 0 Å². The Morgan fingerprint density at radius 2 is 1.47 bits per heavy atom. The lowest BCUT2D eigenvalue weighted by molar-refractivity contribution is -0.161. The molecule has 1 aliphatic heterocycles. The van der Waals surface area contributed by atoms with Gasteiger partial charge in [-0.25, -0.2) is 13.9 Å². The number of esters is 2. The van der Waals surface area contributed by atoms with Crippen LogP contribution in [0.2, 0.25) is 0 Å². The van der Waals surface area contributed by atoms with Crippen molar-refractivity contribution >= 4 is 33.4 Å². The quantitative estimate of drug-likeness (QED) is 0.0119. The number of carbonyl (C=O) groups is 2. The number of carbonyl (C=O) groups excluding carboxylic acids is 2. The molecule has 1 fully saturated rings. The lowest BCUT2D eigenvalue weighted by Crippen LogP contribution is -2.36. The summed E-state index contributed by atoms with van der Waals surface area (Å²) in [5.74, 6) is -0.752. The molecule has 0 aliphatic carbocycles.